The van der Waals surface area contributed by atoms with Gasteiger partial charge in [0.1, 0.15) is 0 Å². The van der Waals surface area contributed by atoms with Crippen LogP contribution in [-0.4, -0.2) is 11.6 Å². The van der Waals surface area contributed by atoms with Gasteiger partial charge in [-0.15, -0.1) is 4.91 Å². The van der Waals surface area contributed by atoms with Gasteiger partial charge in [-0.25, -0.2) is 0 Å². The third-order valence-corrected chi connectivity index (χ3v) is 5.49. The Balaban J connectivity index is 1.95. The molecular weight excluding hydrogens is 340 g/mol. The molecule has 3 rings (SSSR count). The molecule has 2 aliphatic carbocycles. The second-order valence-corrected chi connectivity index (χ2v) is 7.51. The van der Waals surface area contributed by atoms with Gasteiger partial charge in [-0.05, 0) is 66.8 Å². The first-order valence-electron chi connectivity index (χ1n) is 8.38. The predicted molar refractivity (Wildman–Crippen MR) is 98.3 cm³/mol. The SMILES string of the molecule is N=C(C1=C(N=O)CC2CC(CC(N)=O)CC1C2)c1ccc(Cl)cc1N. The van der Waals surface area contributed by atoms with Crippen molar-refractivity contribution in [2.75, 3.05) is 5.73 Å². The Kier molecular flexibility index (Phi) is 4.90. The molecule has 3 atom stereocenters. The molecule has 6 nitrogen and oxygen atoms in total. The molecule has 1 fully saturated rings. The average molecular weight is 361 g/mol. The van der Waals surface area contributed by atoms with Crippen LogP contribution in [0.5, 0.6) is 0 Å². The maximum atomic E-state index is 11.4. The van der Waals surface area contributed by atoms with E-state index < -0.39 is 0 Å². The quantitative estimate of drug-likeness (QED) is 0.422. The van der Waals surface area contributed by atoms with Gasteiger partial charge in [-0.2, -0.15) is 0 Å². The van der Waals surface area contributed by atoms with Crippen molar-refractivity contribution in [2.24, 2.45) is 28.7 Å². The van der Waals surface area contributed by atoms with Crippen LogP contribution < -0.4 is 11.5 Å². The van der Waals surface area contributed by atoms with Gasteiger partial charge in [-0.3, -0.25) is 10.2 Å². The van der Waals surface area contributed by atoms with Gasteiger partial charge < -0.3 is 11.5 Å². The summed E-state index contributed by atoms with van der Waals surface area (Å²) in [4.78, 5) is 22.7. The number of fused-ring (bicyclic) bond motifs is 2. The van der Waals surface area contributed by atoms with Crippen molar-refractivity contribution in [3.63, 3.8) is 0 Å². The molecule has 0 radical (unpaired) electrons. The molecule has 1 aromatic rings. The van der Waals surface area contributed by atoms with Crippen LogP contribution in [0, 0.1) is 28.1 Å². The number of nitrogens with one attached hydrogen (secondary N) is 1. The summed E-state index contributed by atoms with van der Waals surface area (Å²) in [7, 11) is 0. The predicted octanol–water partition coefficient (Wildman–Crippen LogP) is 3.62. The van der Waals surface area contributed by atoms with Gasteiger partial charge in [0.05, 0.1) is 11.4 Å². The van der Waals surface area contributed by atoms with E-state index in [1.54, 1.807) is 18.2 Å². The van der Waals surface area contributed by atoms with Gasteiger partial charge in [-0.1, -0.05) is 11.6 Å². The highest BCUT2D eigenvalue weighted by Gasteiger charge is 2.39. The number of rotatable bonds is 5. The number of anilines is 1. The number of benzene rings is 1. The molecule has 0 saturated heterocycles. The van der Waals surface area contributed by atoms with Crippen LogP contribution in [-0.2, 0) is 4.79 Å². The Bertz CT molecular complexity index is 774. The molecule has 7 heteroatoms. The fourth-order valence-electron chi connectivity index (χ4n) is 4.38. The number of nitroso groups, excluding NO2 is 1. The number of amides is 1. The van der Waals surface area contributed by atoms with E-state index in [1.165, 1.54) is 0 Å². The summed E-state index contributed by atoms with van der Waals surface area (Å²) in [6, 6.07) is 4.98. The van der Waals surface area contributed by atoms with Gasteiger partial charge in [0.15, 0.2) is 0 Å². The number of halogens is 1. The zero-order chi connectivity index (χ0) is 18.1. The second-order valence-electron chi connectivity index (χ2n) is 7.07. The van der Waals surface area contributed by atoms with Crippen molar-refractivity contribution in [3.05, 3.63) is 45.0 Å². The molecule has 132 valence electrons. The monoisotopic (exact) mass is 360 g/mol. The lowest BCUT2D eigenvalue weighted by Gasteiger charge is -2.40. The van der Waals surface area contributed by atoms with E-state index in [0.717, 1.165) is 19.3 Å². The minimum Gasteiger partial charge on any atom is -0.398 e. The molecule has 25 heavy (non-hydrogen) atoms. The maximum Gasteiger partial charge on any atom is 0.217 e. The molecule has 0 aromatic heterocycles. The van der Waals surface area contributed by atoms with E-state index in [9.17, 15) is 9.70 Å². The fraction of sp³-hybridized carbons (Fsp3) is 0.444. The summed E-state index contributed by atoms with van der Waals surface area (Å²) in [6.45, 7) is 0. The molecule has 0 spiro atoms. The molecule has 1 aromatic carbocycles. The third-order valence-electron chi connectivity index (χ3n) is 5.26. The first-order chi connectivity index (χ1) is 11.9. The Morgan fingerprint density at radius 3 is 2.72 bits per heavy atom. The lowest BCUT2D eigenvalue weighted by atomic mass is 9.65. The molecular formula is C18H21ClN4O2. The highest BCUT2D eigenvalue weighted by atomic mass is 35.5. The first-order valence-corrected chi connectivity index (χ1v) is 8.75. The van der Waals surface area contributed by atoms with Crippen LogP contribution in [0.1, 0.15) is 37.7 Å². The Hall–Kier alpha value is -2.21. The Morgan fingerprint density at radius 1 is 1.32 bits per heavy atom. The number of carbonyl (C=O) groups excluding carboxylic acids is 1. The van der Waals surface area contributed by atoms with Crippen molar-refractivity contribution in [1.29, 1.82) is 5.41 Å². The van der Waals surface area contributed by atoms with Crippen molar-refractivity contribution < 1.29 is 4.79 Å². The smallest absolute Gasteiger partial charge is 0.217 e. The number of nitrogen functional groups attached to an aromatic ring is 1. The van der Waals surface area contributed by atoms with Crippen LogP contribution in [0.2, 0.25) is 5.02 Å². The lowest BCUT2D eigenvalue weighted by molar-refractivity contribution is -0.119. The lowest BCUT2D eigenvalue weighted by Crippen LogP contribution is -2.33. The van der Waals surface area contributed by atoms with Crippen LogP contribution in [0.3, 0.4) is 0 Å². The maximum absolute atomic E-state index is 11.4. The Morgan fingerprint density at radius 2 is 2.08 bits per heavy atom. The molecule has 1 saturated carbocycles. The third kappa shape index (κ3) is 3.58. The number of primary amides is 1. The highest BCUT2D eigenvalue weighted by molar-refractivity contribution is 6.31. The average Bonchev–Trinajstić information content (AvgIpc) is 2.52. The highest BCUT2D eigenvalue weighted by Crippen LogP contribution is 2.47. The van der Waals surface area contributed by atoms with Crippen molar-refractivity contribution in [1.82, 2.24) is 0 Å². The van der Waals surface area contributed by atoms with Gasteiger partial charge >= 0.3 is 0 Å². The zero-order valence-electron chi connectivity index (χ0n) is 13.8. The van der Waals surface area contributed by atoms with E-state index in [-0.39, 0.29) is 23.5 Å². The minimum atomic E-state index is -0.304. The number of hydrogen-bond donors (Lipinski definition) is 3. The van der Waals surface area contributed by atoms with E-state index >= 15 is 0 Å². The van der Waals surface area contributed by atoms with Crippen molar-refractivity contribution >= 4 is 28.9 Å². The zero-order valence-corrected chi connectivity index (χ0v) is 14.6. The molecule has 0 heterocycles. The van der Waals surface area contributed by atoms with Crippen LogP contribution in [0.15, 0.2) is 34.6 Å². The first kappa shape index (κ1) is 17.6. The standard InChI is InChI=1S/C18H21ClN4O2/c19-12-1-2-13(14(20)8-12)18(22)17-11-4-9(6-15(17)23-25)3-10(5-11)7-16(21)24/h1-2,8-11,22H,3-7,20H2,(H2,21,24). The second kappa shape index (κ2) is 6.96. The van der Waals surface area contributed by atoms with Crippen LogP contribution in [0.4, 0.5) is 5.69 Å². The number of nitrogens with two attached hydrogens (primary N) is 2. The van der Waals surface area contributed by atoms with E-state index in [0.29, 0.717) is 46.3 Å². The topological polar surface area (TPSA) is 122 Å². The van der Waals surface area contributed by atoms with E-state index in [1.807, 2.05) is 0 Å². The van der Waals surface area contributed by atoms with Crippen LogP contribution >= 0.6 is 11.6 Å². The molecule has 2 bridgehead atoms. The molecule has 2 aliphatic rings. The summed E-state index contributed by atoms with van der Waals surface area (Å²) in [5.41, 5.74) is 13.7. The molecule has 1 amide bonds. The summed E-state index contributed by atoms with van der Waals surface area (Å²) in [5.74, 6) is 0.239. The summed E-state index contributed by atoms with van der Waals surface area (Å²) >= 11 is 5.94. The van der Waals surface area contributed by atoms with Gasteiger partial charge in [0, 0.05) is 28.3 Å². The van der Waals surface area contributed by atoms with Crippen molar-refractivity contribution in [3.8, 4) is 0 Å². The summed E-state index contributed by atoms with van der Waals surface area (Å²) in [6.07, 6.45) is 3.41. The van der Waals surface area contributed by atoms with E-state index in [4.69, 9.17) is 28.5 Å². The fourth-order valence-corrected chi connectivity index (χ4v) is 4.56. The van der Waals surface area contributed by atoms with Crippen LogP contribution in [0.25, 0.3) is 0 Å². The number of carbonyl (C=O) groups is 1. The molecule has 3 unspecified atom stereocenters. The largest absolute Gasteiger partial charge is 0.398 e. The minimum absolute atomic E-state index is 0.0344. The number of allylic oxidation sites excluding steroid dienone is 2. The number of hydrogen-bond acceptors (Lipinski definition) is 5. The summed E-state index contributed by atoms with van der Waals surface area (Å²) in [5, 5.41) is 12.4. The Labute approximate surface area is 151 Å². The van der Waals surface area contributed by atoms with E-state index in [2.05, 4.69) is 5.18 Å². The molecule has 0 aliphatic heterocycles. The van der Waals surface area contributed by atoms with Gasteiger partial charge in [0.2, 0.25) is 5.91 Å². The number of nitrogens with zero attached hydrogens (tertiary/aromatic N) is 1. The normalized spacial score (nSPS) is 25.6. The van der Waals surface area contributed by atoms with Crippen molar-refractivity contribution in [2.45, 2.75) is 32.1 Å². The van der Waals surface area contributed by atoms with Gasteiger partial charge in [0.25, 0.3) is 0 Å². The molecule has 5 N–H and O–H groups in total. The summed E-state index contributed by atoms with van der Waals surface area (Å²) < 4.78 is 0.